The van der Waals surface area contributed by atoms with Crippen molar-refractivity contribution in [1.82, 2.24) is 10.2 Å². The van der Waals surface area contributed by atoms with Gasteiger partial charge in [-0.3, -0.25) is 4.90 Å². The molecule has 0 radical (unpaired) electrons. The van der Waals surface area contributed by atoms with Crippen LogP contribution >= 0.6 is 0 Å². The van der Waals surface area contributed by atoms with E-state index in [0.717, 1.165) is 25.7 Å². The summed E-state index contributed by atoms with van der Waals surface area (Å²) in [6, 6.07) is 12.0. The maximum Gasteiger partial charge on any atom is 0.0478 e. The lowest BCUT2D eigenvalue weighted by Gasteiger charge is -2.31. The smallest absolute Gasteiger partial charge is 0.0478 e. The maximum atomic E-state index is 3.90. The Morgan fingerprint density at radius 1 is 1.39 bits per heavy atom. The zero-order chi connectivity index (χ0) is 12.8. The molecule has 1 atom stereocenters. The second-order valence-corrected chi connectivity index (χ2v) is 4.95. The third-order valence-electron chi connectivity index (χ3n) is 3.53. The molecule has 0 saturated heterocycles. The van der Waals surface area contributed by atoms with E-state index in [1.807, 2.05) is 6.08 Å². The number of benzene rings is 1. The van der Waals surface area contributed by atoms with Gasteiger partial charge < -0.3 is 5.32 Å². The highest BCUT2D eigenvalue weighted by Gasteiger charge is 2.33. The summed E-state index contributed by atoms with van der Waals surface area (Å²) >= 11 is 0. The molecule has 1 unspecified atom stereocenters. The third kappa shape index (κ3) is 3.44. The van der Waals surface area contributed by atoms with Gasteiger partial charge in [0.05, 0.1) is 0 Å². The molecule has 0 spiro atoms. The van der Waals surface area contributed by atoms with Gasteiger partial charge in [0.1, 0.15) is 0 Å². The fraction of sp³-hybridized carbons (Fsp3) is 0.500. The lowest BCUT2D eigenvalue weighted by Crippen LogP contribution is -2.37. The molecule has 1 N–H and O–H groups in total. The van der Waals surface area contributed by atoms with E-state index in [1.54, 1.807) is 0 Å². The van der Waals surface area contributed by atoms with Gasteiger partial charge in [-0.05, 0) is 24.9 Å². The van der Waals surface area contributed by atoms with E-state index in [-0.39, 0.29) is 0 Å². The minimum Gasteiger partial charge on any atom is -0.315 e. The summed E-state index contributed by atoms with van der Waals surface area (Å²) in [5, 5.41) is 3.49. The third-order valence-corrected chi connectivity index (χ3v) is 3.53. The zero-order valence-electron chi connectivity index (χ0n) is 11.3. The summed E-state index contributed by atoms with van der Waals surface area (Å²) in [6.45, 7) is 9.09. The molecule has 2 heteroatoms. The summed E-state index contributed by atoms with van der Waals surface area (Å²) in [7, 11) is 0. The van der Waals surface area contributed by atoms with Crippen LogP contribution in [0.2, 0.25) is 0 Å². The molecule has 0 aliphatic heterocycles. The van der Waals surface area contributed by atoms with E-state index in [0.29, 0.717) is 6.04 Å². The van der Waals surface area contributed by atoms with E-state index in [9.17, 15) is 0 Å². The average molecular weight is 244 g/mol. The van der Waals surface area contributed by atoms with E-state index >= 15 is 0 Å². The molecule has 0 aromatic heterocycles. The first-order chi connectivity index (χ1) is 8.86. The van der Waals surface area contributed by atoms with Crippen LogP contribution in [0.15, 0.2) is 43.0 Å². The van der Waals surface area contributed by atoms with E-state index in [4.69, 9.17) is 0 Å². The number of likely N-dealkylation sites (N-methyl/N-ethyl adjacent to an activating group) is 1. The summed E-state index contributed by atoms with van der Waals surface area (Å²) in [4.78, 5) is 2.59. The summed E-state index contributed by atoms with van der Waals surface area (Å²) in [5.74, 6) is 0. The lowest BCUT2D eigenvalue weighted by molar-refractivity contribution is 0.204. The Labute approximate surface area is 111 Å². The monoisotopic (exact) mass is 244 g/mol. The molecule has 1 fully saturated rings. The topological polar surface area (TPSA) is 15.3 Å². The first kappa shape index (κ1) is 13.3. The molecule has 1 saturated carbocycles. The number of nitrogens with one attached hydrogen (secondary N) is 1. The summed E-state index contributed by atoms with van der Waals surface area (Å²) < 4.78 is 0. The predicted octanol–water partition coefficient (Wildman–Crippen LogP) is 2.99. The van der Waals surface area contributed by atoms with E-state index in [1.165, 1.54) is 18.4 Å². The van der Waals surface area contributed by atoms with Crippen LogP contribution < -0.4 is 5.32 Å². The van der Waals surface area contributed by atoms with Gasteiger partial charge >= 0.3 is 0 Å². The molecule has 98 valence electrons. The van der Waals surface area contributed by atoms with Gasteiger partial charge in [0.15, 0.2) is 0 Å². The average Bonchev–Trinajstić information content (AvgIpc) is 3.23. The van der Waals surface area contributed by atoms with Crippen LogP contribution in [-0.2, 0) is 0 Å². The predicted molar refractivity (Wildman–Crippen MR) is 77.7 cm³/mol. The molecule has 18 heavy (non-hydrogen) atoms. The Bertz CT molecular complexity index is 357. The van der Waals surface area contributed by atoms with Crippen molar-refractivity contribution in [2.45, 2.75) is 31.8 Å². The lowest BCUT2D eigenvalue weighted by atomic mass is 10.0. The van der Waals surface area contributed by atoms with Crippen molar-refractivity contribution in [1.29, 1.82) is 0 Å². The molecule has 1 aromatic carbocycles. The van der Waals surface area contributed by atoms with Crippen molar-refractivity contribution >= 4 is 0 Å². The van der Waals surface area contributed by atoms with Crippen LogP contribution in [0, 0.1) is 0 Å². The molecule has 0 heterocycles. The highest BCUT2D eigenvalue weighted by molar-refractivity contribution is 5.20. The molecule has 2 rings (SSSR count). The molecule has 0 bridgehead atoms. The quantitative estimate of drug-likeness (QED) is 0.707. The van der Waals surface area contributed by atoms with Crippen LogP contribution in [-0.4, -0.2) is 30.6 Å². The Balaban J connectivity index is 2.14. The normalized spacial score (nSPS) is 16.8. The largest absolute Gasteiger partial charge is 0.315 e. The molecule has 0 amide bonds. The van der Waals surface area contributed by atoms with Gasteiger partial charge in [-0.15, -0.1) is 6.58 Å². The molecule has 1 aromatic rings. The highest BCUT2D eigenvalue weighted by Crippen LogP contribution is 2.33. The van der Waals surface area contributed by atoms with Gasteiger partial charge in [0, 0.05) is 25.2 Å². The van der Waals surface area contributed by atoms with Gasteiger partial charge in [0.25, 0.3) is 0 Å². The van der Waals surface area contributed by atoms with Crippen molar-refractivity contribution in [2.24, 2.45) is 0 Å². The fourth-order valence-electron chi connectivity index (χ4n) is 2.47. The van der Waals surface area contributed by atoms with Crippen molar-refractivity contribution in [3.05, 3.63) is 48.6 Å². The van der Waals surface area contributed by atoms with Gasteiger partial charge in [0.2, 0.25) is 0 Å². The second-order valence-electron chi connectivity index (χ2n) is 4.95. The minimum atomic E-state index is 0.469. The molecular formula is C16H24N2. The number of hydrogen-bond donors (Lipinski definition) is 1. The Morgan fingerprint density at radius 3 is 2.67 bits per heavy atom. The first-order valence-corrected chi connectivity index (χ1v) is 6.99. The summed E-state index contributed by atoms with van der Waals surface area (Å²) in [6.07, 6.45) is 4.70. The van der Waals surface area contributed by atoms with Gasteiger partial charge in [-0.25, -0.2) is 0 Å². The van der Waals surface area contributed by atoms with Gasteiger partial charge in [-0.2, -0.15) is 0 Å². The fourth-order valence-corrected chi connectivity index (χ4v) is 2.47. The maximum absolute atomic E-state index is 3.90. The van der Waals surface area contributed by atoms with E-state index < -0.39 is 0 Å². The van der Waals surface area contributed by atoms with Crippen LogP contribution in [0.1, 0.15) is 31.4 Å². The number of nitrogens with zero attached hydrogens (tertiary/aromatic N) is 1. The minimum absolute atomic E-state index is 0.469. The molecule has 1 aliphatic rings. The molecular weight excluding hydrogens is 220 g/mol. The Hall–Kier alpha value is -1.12. The van der Waals surface area contributed by atoms with Gasteiger partial charge in [-0.1, -0.05) is 43.3 Å². The van der Waals surface area contributed by atoms with Crippen molar-refractivity contribution in [3.63, 3.8) is 0 Å². The van der Waals surface area contributed by atoms with Crippen molar-refractivity contribution < 1.29 is 0 Å². The Kier molecular flexibility index (Phi) is 4.97. The molecule has 1 aliphatic carbocycles. The number of rotatable bonds is 8. The number of hydrogen-bond acceptors (Lipinski definition) is 2. The highest BCUT2D eigenvalue weighted by atomic mass is 15.2. The second kappa shape index (κ2) is 6.72. The zero-order valence-corrected chi connectivity index (χ0v) is 11.3. The van der Waals surface area contributed by atoms with Crippen LogP contribution in [0.5, 0.6) is 0 Å². The van der Waals surface area contributed by atoms with Crippen molar-refractivity contribution in [2.75, 3.05) is 19.6 Å². The van der Waals surface area contributed by atoms with Crippen molar-refractivity contribution in [3.8, 4) is 0 Å². The first-order valence-electron chi connectivity index (χ1n) is 6.99. The standard InChI is InChI=1S/C16H24N2/c1-3-12-18(15-10-11-15)16(13-17-4-2)14-8-6-5-7-9-14/h3,5-9,15-17H,1,4,10-13H2,2H3. The van der Waals surface area contributed by atoms with E-state index in [2.05, 4.69) is 54.1 Å². The Morgan fingerprint density at radius 2 is 2.11 bits per heavy atom. The van der Waals surface area contributed by atoms with Crippen LogP contribution in [0.4, 0.5) is 0 Å². The SMILES string of the molecule is C=CCN(C1CC1)C(CNCC)c1ccccc1. The summed E-state index contributed by atoms with van der Waals surface area (Å²) in [5.41, 5.74) is 1.41. The molecule has 2 nitrogen and oxygen atoms in total. The van der Waals surface area contributed by atoms with Crippen LogP contribution in [0.25, 0.3) is 0 Å². The van der Waals surface area contributed by atoms with Crippen LogP contribution in [0.3, 0.4) is 0 Å².